The number of methoxy groups -OCH3 is 1. The number of hydrogen-bond acceptors (Lipinski definition) is 6. The van der Waals surface area contributed by atoms with Gasteiger partial charge in [0.2, 0.25) is 17.6 Å². The lowest BCUT2D eigenvalue weighted by atomic mass is 10.1. The highest BCUT2D eigenvalue weighted by Crippen LogP contribution is 2.33. The zero-order valence-corrected chi connectivity index (χ0v) is 19.4. The summed E-state index contributed by atoms with van der Waals surface area (Å²) in [6.45, 7) is 2.32. The van der Waals surface area contributed by atoms with E-state index in [-0.39, 0.29) is 18.2 Å². The van der Waals surface area contributed by atoms with Crippen LogP contribution in [0.4, 0.5) is 11.4 Å². The van der Waals surface area contributed by atoms with Gasteiger partial charge in [-0.25, -0.2) is 0 Å². The zero-order valence-electron chi connectivity index (χ0n) is 19.4. The summed E-state index contributed by atoms with van der Waals surface area (Å²) >= 11 is 0. The average molecular weight is 469 g/mol. The SMILES string of the molecule is COc1ccccc1N1CC(C(=O)Nc2ccc(-c3nc(-c4ccc(C)cc4)no3)cc2)CC1=O. The molecule has 1 aromatic heterocycles. The molecular formula is C27H24N4O4. The van der Waals surface area contributed by atoms with E-state index in [4.69, 9.17) is 9.26 Å². The van der Waals surface area contributed by atoms with Crippen LogP contribution in [-0.4, -0.2) is 35.6 Å². The summed E-state index contributed by atoms with van der Waals surface area (Å²) in [7, 11) is 1.56. The van der Waals surface area contributed by atoms with Crippen LogP contribution in [0.3, 0.4) is 0 Å². The molecule has 35 heavy (non-hydrogen) atoms. The van der Waals surface area contributed by atoms with Crippen molar-refractivity contribution in [3.05, 3.63) is 78.4 Å². The van der Waals surface area contributed by atoms with E-state index in [1.165, 1.54) is 0 Å². The van der Waals surface area contributed by atoms with Gasteiger partial charge in [-0.3, -0.25) is 9.59 Å². The monoisotopic (exact) mass is 468 g/mol. The molecule has 3 aromatic carbocycles. The Labute approximate surface area is 202 Å². The van der Waals surface area contributed by atoms with E-state index in [1.807, 2.05) is 61.5 Å². The molecule has 1 aliphatic heterocycles. The number of nitrogens with one attached hydrogen (secondary N) is 1. The third-order valence-electron chi connectivity index (χ3n) is 6.01. The predicted molar refractivity (Wildman–Crippen MR) is 132 cm³/mol. The van der Waals surface area contributed by atoms with Crippen LogP contribution in [0.15, 0.2) is 77.3 Å². The number of rotatable bonds is 6. The fourth-order valence-corrected chi connectivity index (χ4v) is 4.07. The van der Waals surface area contributed by atoms with Gasteiger partial charge in [-0.05, 0) is 43.3 Å². The molecule has 2 heterocycles. The first kappa shape index (κ1) is 22.3. The quantitative estimate of drug-likeness (QED) is 0.440. The van der Waals surface area contributed by atoms with Crippen molar-refractivity contribution in [3.63, 3.8) is 0 Å². The van der Waals surface area contributed by atoms with E-state index < -0.39 is 5.92 Å². The lowest BCUT2D eigenvalue weighted by Crippen LogP contribution is -2.28. The number of nitrogens with zero attached hydrogens (tertiary/aromatic N) is 3. The Hall–Kier alpha value is -4.46. The number of benzene rings is 3. The number of para-hydroxylation sites is 2. The lowest BCUT2D eigenvalue weighted by Gasteiger charge is -2.19. The highest BCUT2D eigenvalue weighted by Gasteiger charge is 2.36. The molecule has 2 amide bonds. The Morgan fingerprint density at radius 1 is 1.03 bits per heavy atom. The van der Waals surface area contributed by atoms with Gasteiger partial charge in [-0.15, -0.1) is 0 Å². The minimum Gasteiger partial charge on any atom is -0.495 e. The van der Waals surface area contributed by atoms with Crippen LogP contribution in [0, 0.1) is 12.8 Å². The molecule has 4 aromatic rings. The standard InChI is InChI=1S/C27H24N4O4/c1-17-7-9-18(10-8-17)25-29-27(35-30-25)19-11-13-21(14-12-19)28-26(33)20-15-24(32)31(16-20)22-5-3-4-6-23(22)34-2/h3-14,20H,15-16H2,1-2H3,(H,28,33). The van der Waals surface area contributed by atoms with Crippen molar-refractivity contribution in [3.8, 4) is 28.6 Å². The number of anilines is 2. The van der Waals surface area contributed by atoms with Gasteiger partial charge in [-0.1, -0.05) is 47.1 Å². The fraction of sp³-hybridized carbons (Fsp3) is 0.185. The molecule has 0 radical (unpaired) electrons. The minimum atomic E-state index is -0.458. The average Bonchev–Trinajstić information content (AvgIpc) is 3.52. The van der Waals surface area contributed by atoms with E-state index in [0.717, 1.165) is 16.7 Å². The molecule has 5 rings (SSSR count). The van der Waals surface area contributed by atoms with Crippen molar-refractivity contribution in [2.45, 2.75) is 13.3 Å². The van der Waals surface area contributed by atoms with Gasteiger partial charge < -0.3 is 19.5 Å². The number of carbonyl (C=O) groups excluding carboxylic acids is 2. The second kappa shape index (κ2) is 9.42. The maximum atomic E-state index is 12.9. The zero-order chi connectivity index (χ0) is 24.4. The van der Waals surface area contributed by atoms with Crippen LogP contribution < -0.4 is 15.0 Å². The van der Waals surface area contributed by atoms with E-state index >= 15 is 0 Å². The van der Waals surface area contributed by atoms with Gasteiger partial charge in [0.15, 0.2) is 0 Å². The van der Waals surface area contributed by atoms with Gasteiger partial charge in [-0.2, -0.15) is 4.98 Å². The molecule has 1 unspecified atom stereocenters. The summed E-state index contributed by atoms with van der Waals surface area (Å²) in [5.74, 6) is 0.744. The van der Waals surface area contributed by atoms with Crippen molar-refractivity contribution >= 4 is 23.2 Å². The van der Waals surface area contributed by atoms with Gasteiger partial charge in [0, 0.05) is 29.8 Å². The van der Waals surface area contributed by atoms with Crippen LogP contribution in [0.25, 0.3) is 22.8 Å². The molecule has 0 aliphatic carbocycles. The summed E-state index contributed by atoms with van der Waals surface area (Å²) in [6, 6.07) is 22.4. The summed E-state index contributed by atoms with van der Waals surface area (Å²) in [6.07, 6.45) is 0.145. The fourth-order valence-electron chi connectivity index (χ4n) is 4.07. The highest BCUT2D eigenvalue weighted by molar-refractivity contribution is 6.04. The second-order valence-corrected chi connectivity index (χ2v) is 8.43. The number of amides is 2. The molecule has 1 fully saturated rings. The third kappa shape index (κ3) is 4.63. The first-order valence-corrected chi connectivity index (χ1v) is 11.3. The molecule has 1 saturated heterocycles. The number of hydrogen-bond donors (Lipinski definition) is 1. The first-order chi connectivity index (χ1) is 17.0. The molecule has 8 heteroatoms. The highest BCUT2D eigenvalue weighted by atomic mass is 16.5. The van der Waals surface area contributed by atoms with Crippen molar-refractivity contribution in [2.75, 3.05) is 23.9 Å². The van der Waals surface area contributed by atoms with Crippen LogP contribution in [0.5, 0.6) is 5.75 Å². The number of ether oxygens (including phenoxy) is 1. The molecule has 1 atom stereocenters. The minimum absolute atomic E-state index is 0.106. The predicted octanol–water partition coefficient (Wildman–Crippen LogP) is 4.71. The number of aromatic nitrogens is 2. The molecule has 0 spiro atoms. The molecular weight excluding hydrogens is 444 g/mol. The van der Waals surface area contributed by atoms with Crippen LogP contribution in [0.2, 0.25) is 0 Å². The Kier molecular flexibility index (Phi) is 6.01. The summed E-state index contributed by atoms with van der Waals surface area (Å²) in [5.41, 5.74) is 4.07. The van der Waals surface area contributed by atoms with E-state index in [0.29, 0.717) is 35.4 Å². The number of carbonyl (C=O) groups is 2. The van der Waals surface area contributed by atoms with Crippen LogP contribution >= 0.6 is 0 Å². The molecule has 8 nitrogen and oxygen atoms in total. The largest absolute Gasteiger partial charge is 0.495 e. The van der Waals surface area contributed by atoms with Gasteiger partial charge in [0.1, 0.15) is 5.75 Å². The Morgan fingerprint density at radius 2 is 1.74 bits per heavy atom. The van der Waals surface area contributed by atoms with Gasteiger partial charge in [0.25, 0.3) is 5.89 Å². The number of aryl methyl sites for hydroxylation is 1. The first-order valence-electron chi connectivity index (χ1n) is 11.3. The topological polar surface area (TPSA) is 97.6 Å². The smallest absolute Gasteiger partial charge is 0.258 e. The normalized spacial score (nSPS) is 15.3. The Morgan fingerprint density at radius 3 is 2.49 bits per heavy atom. The maximum Gasteiger partial charge on any atom is 0.258 e. The molecule has 176 valence electrons. The Bertz CT molecular complexity index is 1360. The molecule has 0 saturated carbocycles. The third-order valence-corrected chi connectivity index (χ3v) is 6.01. The summed E-state index contributed by atoms with van der Waals surface area (Å²) < 4.78 is 10.8. The lowest BCUT2D eigenvalue weighted by molar-refractivity contribution is -0.122. The van der Waals surface area contributed by atoms with Crippen molar-refractivity contribution in [1.29, 1.82) is 0 Å². The van der Waals surface area contributed by atoms with E-state index in [9.17, 15) is 9.59 Å². The van der Waals surface area contributed by atoms with Crippen LogP contribution in [0.1, 0.15) is 12.0 Å². The second-order valence-electron chi connectivity index (χ2n) is 8.43. The molecule has 0 bridgehead atoms. The van der Waals surface area contributed by atoms with E-state index in [1.54, 1.807) is 30.2 Å². The molecule has 1 N–H and O–H groups in total. The van der Waals surface area contributed by atoms with Crippen molar-refractivity contribution < 1.29 is 18.8 Å². The molecule has 1 aliphatic rings. The van der Waals surface area contributed by atoms with Crippen LogP contribution in [-0.2, 0) is 9.59 Å². The van der Waals surface area contributed by atoms with E-state index in [2.05, 4.69) is 15.5 Å². The summed E-state index contributed by atoms with van der Waals surface area (Å²) in [5, 5.41) is 6.97. The van der Waals surface area contributed by atoms with Crippen molar-refractivity contribution in [1.82, 2.24) is 10.1 Å². The summed E-state index contributed by atoms with van der Waals surface area (Å²) in [4.78, 5) is 31.5. The Balaban J connectivity index is 1.24. The van der Waals surface area contributed by atoms with Crippen molar-refractivity contribution in [2.24, 2.45) is 5.92 Å². The van der Waals surface area contributed by atoms with Gasteiger partial charge in [0.05, 0.1) is 18.7 Å². The maximum absolute atomic E-state index is 12.9. The van der Waals surface area contributed by atoms with Gasteiger partial charge >= 0.3 is 0 Å².